The van der Waals surface area contributed by atoms with Crippen LogP contribution in [0.15, 0.2) is 91.0 Å². The van der Waals surface area contributed by atoms with Gasteiger partial charge in [0, 0.05) is 24.7 Å². The van der Waals surface area contributed by atoms with Crippen molar-refractivity contribution in [2.75, 3.05) is 0 Å². The van der Waals surface area contributed by atoms with E-state index in [1.807, 2.05) is 94.4 Å². The smallest absolute Gasteiger partial charge is 0.143 e. The molecule has 50 heavy (non-hydrogen) atoms. The summed E-state index contributed by atoms with van der Waals surface area (Å²) in [5.41, 5.74) is 9.39. The summed E-state index contributed by atoms with van der Waals surface area (Å²) in [4.78, 5) is 14.2. The van der Waals surface area contributed by atoms with Gasteiger partial charge in [-0.25, -0.2) is 0 Å². The van der Waals surface area contributed by atoms with E-state index >= 15 is 0 Å². The van der Waals surface area contributed by atoms with Gasteiger partial charge in [0.15, 0.2) is 0 Å². The van der Waals surface area contributed by atoms with Gasteiger partial charge in [-0.15, -0.1) is 0 Å². The Hall–Kier alpha value is -5.49. The molecule has 6 nitrogen and oxygen atoms in total. The molecule has 6 heteroatoms. The Bertz CT molecular complexity index is 2050. The minimum absolute atomic E-state index is 0.0436. The molecule has 0 spiro atoms. The van der Waals surface area contributed by atoms with Gasteiger partial charge in [-0.05, 0) is 150 Å². The van der Waals surface area contributed by atoms with E-state index < -0.39 is 11.8 Å². The third kappa shape index (κ3) is 7.55. The van der Waals surface area contributed by atoms with Crippen LogP contribution >= 0.6 is 0 Å². The van der Waals surface area contributed by atoms with E-state index in [9.17, 15) is 30.3 Å². The molecule has 2 unspecified atom stereocenters. The molecule has 0 radical (unpaired) electrons. The molecule has 0 bridgehead atoms. The van der Waals surface area contributed by atoms with Crippen molar-refractivity contribution in [3.63, 3.8) is 0 Å². The number of hydrogen-bond donors (Lipinski definition) is 5. The highest BCUT2D eigenvalue weighted by Crippen LogP contribution is 2.41. The molecule has 1 aliphatic carbocycles. The van der Waals surface area contributed by atoms with Crippen LogP contribution in [0.1, 0.15) is 67.6 Å². The van der Waals surface area contributed by atoms with Gasteiger partial charge in [-0.2, -0.15) is 0 Å². The lowest BCUT2D eigenvalue weighted by Crippen LogP contribution is -2.30. The molecule has 0 amide bonds. The largest absolute Gasteiger partial charge is 0.508 e. The highest BCUT2D eigenvalue weighted by Gasteiger charge is 2.33. The highest BCUT2D eigenvalue weighted by molar-refractivity contribution is 5.92. The predicted molar refractivity (Wildman–Crippen MR) is 197 cm³/mol. The Balaban J connectivity index is 1.46. The summed E-state index contributed by atoms with van der Waals surface area (Å²) in [6, 6.07) is 25.8. The Morgan fingerprint density at radius 2 is 0.920 bits per heavy atom. The average Bonchev–Trinajstić information content (AvgIpc) is 3.05. The summed E-state index contributed by atoms with van der Waals surface area (Å²) in [5, 5.41) is 54.8. The molecule has 5 aromatic rings. The maximum absolute atomic E-state index is 14.2. The summed E-state index contributed by atoms with van der Waals surface area (Å²) in [7, 11) is 0. The maximum atomic E-state index is 14.2. The van der Waals surface area contributed by atoms with Crippen LogP contribution in [0, 0.1) is 39.5 Å². The Morgan fingerprint density at radius 1 is 0.520 bits per heavy atom. The fourth-order valence-electron chi connectivity index (χ4n) is 7.08. The van der Waals surface area contributed by atoms with Gasteiger partial charge in [0.05, 0.1) is 0 Å². The predicted octanol–water partition coefficient (Wildman–Crippen LogP) is 8.70. The van der Waals surface area contributed by atoms with E-state index in [4.69, 9.17) is 0 Å². The number of carbonyl (C=O) groups is 1. The Labute approximate surface area is 293 Å². The second-order valence-electron chi connectivity index (χ2n) is 14.0. The number of phenolic OH excluding ortho intramolecular Hbond substituents is 5. The van der Waals surface area contributed by atoms with Crippen molar-refractivity contribution < 1.29 is 30.3 Å². The van der Waals surface area contributed by atoms with Crippen LogP contribution in [0.5, 0.6) is 28.7 Å². The van der Waals surface area contributed by atoms with Crippen LogP contribution in [0.25, 0.3) is 5.57 Å². The molecule has 0 aromatic heterocycles. The summed E-state index contributed by atoms with van der Waals surface area (Å²) >= 11 is 0. The normalized spacial score (nSPS) is 16.0. The van der Waals surface area contributed by atoms with Crippen molar-refractivity contribution in [2.24, 2.45) is 11.8 Å². The quantitative estimate of drug-likeness (QED) is 0.107. The monoisotopic (exact) mass is 668 g/mol. The fourth-order valence-corrected chi connectivity index (χ4v) is 7.08. The first-order valence-electron chi connectivity index (χ1n) is 17.1. The zero-order valence-electron chi connectivity index (χ0n) is 29.0. The number of allylic oxidation sites excluding steroid dienone is 2. The van der Waals surface area contributed by atoms with Gasteiger partial charge in [-0.3, -0.25) is 4.79 Å². The molecule has 0 saturated heterocycles. The minimum atomic E-state index is -0.534. The van der Waals surface area contributed by atoms with E-state index in [1.165, 1.54) is 0 Å². The van der Waals surface area contributed by atoms with Crippen molar-refractivity contribution in [1.82, 2.24) is 0 Å². The maximum Gasteiger partial charge on any atom is 0.143 e. The third-order valence-corrected chi connectivity index (χ3v) is 9.91. The average molecular weight is 669 g/mol. The summed E-state index contributed by atoms with van der Waals surface area (Å²) < 4.78 is 0. The van der Waals surface area contributed by atoms with E-state index in [0.29, 0.717) is 52.6 Å². The lowest BCUT2D eigenvalue weighted by atomic mass is 9.74. The molecular weight excluding hydrogens is 624 g/mol. The first-order chi connectivity index (χ1) is 23.8. The van der Waals surface area contributed by atoms with Crippen molar-refractivity contribution in [3.8, 4) is 28.7 Å². The van der Waals surface area contributed by atoms with E-state index in [1.54, 1.807) is 24.3 Å². The Morgan fingerprint density at radius 3 is 1.34 bits per heavy atom. The number of Topliss-reactive ketones (excluding diaryl/α,β-unsaturated/α-hetero) is 1. The van der Waals surface area contributed by atoms with Gasteiger partial charge in [0.25, 0.3) is 0 Å². The molecule has 6 rings (SSSR count). The molecule has 5 N–H and O–H groups in total. The molecule has 1 aliphatic rings. The van der Waals surface area contributed by atoms with Gasteiger partial charge in [-0.1, -0.05) is 54.6 Å². The first kappa shape index (κ1) is 34.4. The highest BCUT2D eigenvalue weighted by atomic mass is 16.3. The zero-order chi connectivity index (χ0) is 35.7. The second kappa shape index (κ2) is 14.2. The number of rotatable bonds is 9. The van der Waals surface area contributed by atoms with Crippen molar-refractivity contribution in [3.05, 3.63) is 152 Å². The van der Waals surface area contributed by atoms with E-state index in [0.717, 1.165) is 33.4 Å². The van der Waals surface area contributed by atoms with E-state index in [-0.39, 0.29) is 47.4 Å². The van der Waals surface area contributed by atoms with E-state index in [2.05, 4.69) is 0 Å². The third-order valence-electron chi connectivity index (χ3n) is 9.91. The lowest BCUT2D eigenvalue weighted by molar-refractivity contribution is -0.125. The lowest BCUT2D eigenvalue weighted by Gasteiger charge is -2.29. The van der Waals surface area contributed by atoms with Crippen LogP contribution in [0.4, 0.5) is 0 Å². The first-order valence-corrected chi connectivity index (χ1v) is 17.1. The molecule has 5 aromatic carbocycles. The number of hydrogen-bond acceptors (Lipinski definition) is 6. The molecule has 0 aliphatic heterocycles. The fraction of sp³-hybridized carbons (Fsp3) is 0.250. The standard InChI is InChI=1S/C44H44O6/c1-25-5-9-29(39(45)13-25)17-35-21-33(22-36(43(35)49)18-30-10-6-26(2)14-40(30)46)34-23-37(19-31-11-7-27(3)15-41(31)47)44(50)38(24-34)20-32-12-8-28(4)16-42(32)48/h5-16,21-23,37-38,45-49H,17-20,24H2,1-4H3. The number of benzene rings is 5. The van der Waals surface area contributed by atoms with Gasteiger partial charge in [0.1, 0.15) is 34.5 Å². The van der Waals surface area contributed by atoms with Gasteiger partial charge in [0.2, 0.25) is 0 Å². The van der Waals surface area contributed by atoms with Crippen LogP contribution < -0.4 is 0 Å². The SMILES string of the molecule is Cc1ccc(Cc2cc(C3=CC(Cc4ccc(C)cc4O)C(=O)C(Cc4ccc(C)cc4O)C3)cc(Cc3ccc(C)cc3O)c2O)c(O)c1. The number of aromatic hydroxyl groups is 5. The molecule has 0 fully saturated rings. The summed E-state index contributed by atoms with van der Waals surface area (Å²) in [6.07, 6.45) is 3.61. The topological polar surface area (TPSA) is 118 Å². The molecule has 256 valence electrons. The number of carbonyl (C=O) groups excluding carboxylic acids is 1. The zero-order valence-corrected chi connectivity index (χ0v) is 29.0. The van der Waals surface area contributed by atoms with Crippen LogP contribution in [0.3, 0.4) is 0 Å². The number of ketones is 1. The van der Waals surface area contributed by atoms with Crippen LogP contribution in [-0.4, -0.2) is 31.3 Å². The Kier molecular flexibility index (Phi) is 9.74. The van der Waals surface area contributed by atoms with Crippen molar-refractivity contribution >= 4 is 11.4 Å². The number of phenols is 5. The summed E-state index contributed by atoms with van der Waals surface area (Å²) in [6.45, 7) is 7.63. The van der Waals surface area contributed by atoms with Gasteiger partial charge >= 0.3 is 0 Å². The van der Waals surface area contributed by atoms with Gasteiger partial charge < -0.3 is 25.5 Å². The molecular formula is C44H44O6. The molecule has 2 atom stereocenters. The minimum Gasteiger partial charge on any atom is -0.508 e. The second-order valence-corrected chi connectivity index (χ2v) is 14.0. The van der Waals surface area contributed by atoms with Crippen LogP contribution in [-0.2, 0) is 30.5 Å². The van der Waals surface area contributed by atoms with Crippen molar-refractivity contribution in [1.29, 1.82) is 0 Å². The van der Waals surface area contributed by atoms with Crippen LogP contribution in [0.2, 0.25) is 0 Å². The summed E-state index contributed by atoms with van der Waals surface area (Å²) in [5.74, 6) is -0.248. The molecule has 0 saturated carbocycles. The van der Waals surface area contributed by atoms with Crippen molar-refractivity contribution in [2.45, 2.75) is 59.8 Å². The number of aryl methyl sites for hydroxylation is 4. The molecule has 0 heterocycles.